The molecule has 0 bridgehead atoms. The van der Waals surface area contributed by atoms with Crippen LogP contribution in [-0.4, -0.2) is 49.8 Å². The molecule has 0 aliphatic carbocycles. The first-order valence-electron chi connectivity index (χ1n) is 7.80. The quantitative estimate of drug-likeness (QED) is 0.855. The van der Waals surface area contributed by atoms with Crippen LogP contribution in [0.5, 0.6) is 0 Å². The highest BCUT2D eigenvalue weighted by Gasteiger charge is 2.49. The fraction of sp³-hybridized carbons (Fsp3) is 0.588. The Bertz CT molecular complexity index is 525. The average molecular weight is 324 g/mol. The fourth-order valence-electron chi connectivity index (χ4n) is 3.45. The monoisotopic (exact) mass is 323 g/mol. The summed E-state index contributed by atoms with van der Waals surface area (Å²) in [5.41, 5.74) is 0.560. The van der Waals surface area contributed by atoms with Gasteiger partial charge in [-0.25, -0.2) is 0 Å². The molecule has 0 aromatic heterocycles. The Hall–Kier alpha value is -1.10. The summed E-state index contributed by atoms with van der Waals surface area (Å²) in [5, 5.41) is 0.647. The number of likely N-dealkylation sites (tertiary alicyclic amines) is 1. The third kappa shape index (κ3) is 3.29. The Morgan fingerprint density at radius 3 is 2.82 bits per heavy atom. The van der Waals surface area contributed by atoms with Crippen molar-refractivity contribution < 1.29 is 14.3 Å². The van der Waals surface area contributed by atoms with E-state index < -0.39 is 0 Å². The molecule has 1 atom stereocenters. The van der Waals surface area contributed by atoms with Crippen molar-refractivity contribution in [3.63, 3.8) is 0 Å². The third-order valence-corrected chi connectivity index (χ3v) is 4.91. The van der Waals surface area contributed by atoms with Crippen LogP contribution in [0.4, 0.5) is 0 Å². The Morgan fingerprint density at radius 2 is 2.14 bits per heavy atom. The van der Waals surface area contributed by atoms with Crippen LogP contribution in [-0.2, 0) is 9.47 Å². The lowest BCUT2D eigenvalue weighted by atomic mass is 9.79. The van der Waals surface area contributed by atoms with Crippen molar-refractivity contribution in [3.05, 3.63) is 34.9 Å². The van der Waals surface area contributed by atoms with E-state index >= 15 is 0 Å². The van der Waals surface area contributed by atoms with Crippen molar-refractivity contribution >= 4 is 17.5 Å². The van der Waals surface area contributed by atoms with Gasteiger partial charge in [-0.3, -0.25) is 4.79 Å². The predicted molar refractivity (Wildman–Crippen MR) is 85.3 cm³/mol. The van der Waals surface area contributed by atoms with Crippen LogP contribution in [0.1, 0.15) is 29.6 Å². The molecular weight excluding hydrogens is 302 g/mol. The molecule has 5 heteroatoms. The largest absolute Gasteiger partial charge is 0.385 e. The second kappa shape index (κ2) is 6.57. The lowest BCUT2D eigenvalue weighted by Crippen LogP contribution is -2.66. The van der Waals surface area contributed by atoms with Gasteiger partial charge in [0.25, 0.3) is 5.91 Å². The number of halogens is 1. The summed E-state index contributed by atoms with van der Waals surface area (Å²) in [5.74, 6) is 0.700. The Kier molecular flexibility index (Phi) is 4.71. The molecule has 22 heavy (non-hydrogen) atoms. The van der Waals surface area contributed by atoms with E-state index in [1.165, 1.54) is 0 Å². The summed E-state index contributed by atoms with van der Waals surface area (Å²) in [6, 6.07) is 7.06. The maximum atomic E-state index is 12.4. The minimum absolute atomic E-state index is 0.0601. The van der Waals surface area contributed by atoms with E-state index in [2.05, 4.69) is 0 Å². The smallest absolute Gasteiger partial charge is 0.254 e. The minimum atomic E-state index is -0.126. The highest BCUT2D eigenvalue weighted by Crippen LogP contribution is 2.38. The van der Waals surface area contributed by atoms with Crippen molar-refractivity contribution in [2.75, 3.05) is 33.4 Å². The van der Waals surface area contributed by atoms with Gasteiger partial charge >= 0.3 is 0 Å². The van der Waals surface area contributed by atoms with Crippen molar-refractivity contribution in [1.29, 1.82) is 0 Å². The van der Waals surface area contributed by atoms with Crippen molar-refractivity contribution in [3.8, 4) is 0 Å². The van der Waals surface area contributed by atoms with Gasteiger partial charge in [0, 0.05) is 30.9 Å². The zero-order chi connectivity index (χ0) is 15.6. The van der Waals surface area contributed by atoms with Gasteiger partial charge < -0.3 is 14.4 Å². The zero-order valence-electron chi connectivity index (χ0n) is 12.9. The number of methoxy groups -OCH3 is 1. The van der Waals surface area contributed by atoms with Gasteiger partial charge in [0.05, 0.1) is 13.1 Å². The molecular formula is C17H22ClNO3. The molecule has 2 fully saturated rings. The van der Waals surface area contributed by atoms with Gasteiger partial charge in [0.2, 0.25) is 0 Å². The van der Waals surface area contributed by atoms with E-state index in [-0.39, 0.29) is 11.5 Å². The summed E-state index contributed by atoms with van der Waals surface area (Å²) >= 11 is 5.86. The number of hydrogen-bond donors (Lipinski definition) is 0. The van der Waals surface area contributed by atoms with Crippen molar-refractivity contribution in [1.82, 2.24) is 4.90 Å². The second-order valence-electron chi connectivity index (χ2n) is 6.34. The summed E-state index contributed by atoms with van der Waals surface area (Å²) in [7, 11) is 1.74. The average Bonchev–Trinajstić information content (AvgIpc) is 2.51. The van der Waals surface area contributed by atoms with E-state index in [4.69, 9.17) is 21.1 Å². The highest BCUT2D eigenvalue weighted by atomic mass is 35.5. The summed E-state index contributed by atoms with van der Waals surface area (Å²) in [4.78, 5) is 14.3. The molecule has 1 spiro atoms. The van der Waals surface area contributed by atoms with Gasteiger partial charge in [0.15, 0.2) is 0 Å². The molecule has 2 saturated heterocycles. The molecule has 3 rings (SSSR count). The van der Waals surface area contributed by atoms with Crippen LogP contribution in [0, 0.1) is 5.92 Å². The van der Waals surface area contributed by atoms with E-state index in [1.54, 1.807) is 31.4 Å². The van der Waals surface area contributed by atoms with Crippen molar-refractivity contribution in [2.45, 2.75) is 24.9 Å². The predicted octanol–water partition coefficient (Wildman–Crippen LogP) is 3.00. The standard InChI is InChI=1S/C17H22ClNO3/c1-21-8-6-13-7-9-22-17(10-13)11-19(12-17)16(20)14-2-4-15(18)5-3-14/h2-5,13H,6-12H2,1H3/t13-/m1/s1. The van der Waals surface area contributed by atoms with Gasteiger partial charge in [-0.1, -0.05) is 11.6 Å². The van der Waals surface area contributed by atoms with Crippen molar-refractivity contribution in [2.24, 2.45) is 5.92 Å². The highest BCUT2D eigenvalue weighted by molar-refractivity contribution is 6.30. The summed E-state index contributed by atoms with van der Waals surface area (Å²) in [6.07, 6.45) is 3.20. The normalized spacial score (nSPS) is 23.4. The van der Waals surface area contributed by atoms with Crippen LogP contribution in [0.3, 0.4) is 0 Å². The maximum absolute atomic E-state index is 12.4. The van der Waals surface area contributed by atoms with Gasteiger partial charge in [-0.2, -0.15) is 0 Å². The SMILES string of the molecule is COCC[C@@H]1CCOC2(C1)CN(C(=O)c1ccc(Cl)cc1)C2. The molecule has 4 nitrogen and oxygen atoms in total. The lowest BCUT2D eigenvalue weighted by Gasteiger charge is -2.53. The van der Waals surface area contributed by atoms with E-state index in [9.17, 15) is 4.79 Å². The number of ether oxygens (including phenoxy) is 2. The molecule has 1 amide bonds. The van der Waals surface area contributed by atoms with E-state index in [0.717, 1.165) is 32.5 Å². The Labute approximate surface area is 136 Å². The van der Waals surface area contributed by atoms with Crippen LogP contribution in [0.15, 0.2) is 24.3 Å². The number of amides is 1. The van der Waals surface area contributed by atoms with Crippen LogP contribution >= 0.6 is 11.6 Å². The lowest BCUT2D eigenvalue weighted by molar-refractivity contribution is -0.167. The molecule has 2 aliphatic heterocycles. The maximum Gasteiger partial charge on any atom is 0.254 e. The van der Waals surface area contributed by atoms with Gasteiger partial charge in [0.1, 0.15) is 5.60 Å². The molecule has 0 N–H and O–H groups in total. The number of carbonyl (C=O) groups excluding carboxylic acids is 1. The molecule has 0 saturated carbocycles. The molecule has 1 aromatic rings. The third-order valence-electron chi connectivity index (χ3n) is 4.66. The molecule has 2 aliphatic rings. The number of carbonyl (C=O) groups is 1. The molecule has 2 heterocycles. The first-order valence-corrected chi connectivity index (χ1v) is 8.17. The molecule has 0 radical (unpaired) electrons. The zero-order valence-corrected chi connectivity index (χ0v) is 13.6. The number of nitrogens with zero attached hydrogens (tertiary/aromatic N) is 1. The second-order valence-corrected chi connectivity index (χ2v) is 6.78. The summed E-state index contributed by atoms with van der Waals surface area (Å²) in [6.45, 7) is 2.97. The first kappa shape index (κ1) is 15.8. The Balaban J connectivity index is 1.56. The number of hydrogen-bond acceptors (Lipinski definition) is 3. The first-order chi connectivity index (χ1) is 10.6. The van der Waals surface area contributed by atoms with Gasteiger partial charge in [-0.05, 0) is 49.4 Å². The number of benzene rings is 1. The van der Waals surface area contributed by atoms with Crippen LogP contribution in [0.2, 0.25) is 5.02 Å². The van der Waals surface area contributed by atoms with E-state index in [1.807, 2.05) is 4.90 Å². The molecule has 120 valence electrons. The summed E-state index contributed by atoms with van der Waals surface area (Å²) < 4.78 is 11.2. The van der Waals surface area contributed by atoms with Crippen LogP contribution < -0.4 is 0 Å². The Morgan fingerprint density at radius 1 is 1.41 bits per heavy atom. The molecule has 1 aromatic carbocycles. The number of rotatable bonds is 4. The topological polar surface area (TPSA) is 38.8 Å². The van der Waals surface area contributed by atoms with E-state index in [0.29, 0.717) is 29.6 Å². The molecule has 0 unspecified atom stereocenters. The fourth-order valence-corrected chi connectivity index (χ4v) is 3.57. The minimum Gasteiger partial charge on any atom is -0.385 e. The van der Waals surface area contributed by atoms with Gasteiger partial charge in [-0.15, -0.1) is 0 Å². The van der Waals surface area contributed by atoms with Crippen LogP contribution in [0.25, 0.3) is 0 Å².